The monoisotopic (exact) mass is 299 g/mol. The molecule has 0 bridgehead atoms. The number of carbonyl (C=O) groups excluding carboxylic acids is 2. The predicted molar refractivity (Wildman–Crippen MR) is 78.2 cm³/mol. The largest absolute Gasteiger partial charge is 0.395 e. The Kier molecular flexibility index (Phi) is 6.27. The normalized spacial score (nSPS) is 10.2. The molecule has 0 saturated carbocycles. The number of carbonyl (C=O) groups is 2. The Hall–Kier alpha value is -1.79. The number of anilines is 1. The number of nitrogens with one attached hydrogen (secondary N) is 3. The molecule has 1 aromatic carbocycles. The third kappa shape index (κ3) is 5.07. The van der Waals surface area contributed by atoms with Gasteiger partial charge in [0.25, 0.3) is 5.91 Å². The summed E-state index contributed by atoms with van der Waals surface area (Å²) >= 11 is 5.96. The molecule has 7 heteroatoms. The molecule has 20 heavy (non-hydrogen) atoms. The van der Waals surface area contributed by atoms with Crippen molar-refractivity contribution >= 4 is 29.2 Å². The van der Waals surface area contributed by atoms with Gasteiger partial charge in [-0.05, 0) is 32.0 Å². The quantitative estimate of drug-likeness (QED) is 0.665. The highest BCUT2D eigenvalue weighted by Crippen LogP contribution is 2.23. The summed E-state index contributed by atoms with van der Waals surface area (Å²) in [6, 6.07) is 4.14. The third-order valence-electron chi connectivity index (χ3n) is 2.29. The molecule has 0 heterocycles. The van der Waals surface area contributed by atoms with Crippen molar-refractivity contribution < 1.29 is 14.7 Å². The van der Waals surface area contributed by atoms with E-state index in [1.807, 2.05) is 13.8 Å². The van der Waals surface area contributed by atoms with Crippen molar-refractivity contribution in [1.29, 1.82) is 0 Å². The van der Waals surface area contributed by atoms with Crippen molar-refractivity contribution in [3.8, 4) is 0 Å². The molecule has 0 aromatic heterocycles. The van der Waals surface area contributed by atoms with Gasteiger partial charge < -0.3 is 21.1 Å². The van der Waals surface area contributed by atoms with E-state index in [9.17, 15) is 9.59 Å². The maximum Gasteiger partial charge on any atom is 0.319 e. The van der Waals surface area contributed by atoms with E-state index in [0.717, 1.165) is 0 Å². The molecule has 3 amide bonds. The fraction of sp³-hybridized carbons (Fsp3) is 0.385. The lowest BCUT2D eigenvalue weighted by atomic mass is 10.1. The molecule has 0 spiro atoms. The van der Waals surface area contributed by atoms with E-state index in [-0.39, 0.29) is 25.1 Å². The predicted octanol–water partition coefficient (Wildman–Crippen LogP) is 1.59. The van der Waals surface area contributed by atoms with Gasteiger partial charge in [-0.2, -0.15) is 0 Å². The molecule has 0 aliphatic rings. The Balaban J connectivity index is 2.81. The summed E-state index contributed by atoms with van der Waals surface area (Å²) < 4.78 is 0. The number of aliphatic hydroxyl groups excluding tert-OH is 1. The lowest BCUT2D eigenvalue weighted by molar-refractivity contribution is 0.0943. The zero-order valence-corrected chi connectivity index (χ0v) is 12.1. The van der Waals surface area contributed by atoms with Crippen LogP contribution >= 0.6 is 11.6 Å². The van der Waals surface area contributed by atoms with Crippen molar-refractivity contribution in [2.24, 2.45) is 0 Å². The minimum atomic E-state index is -0.498. The third-order valence-corrected chi connectivity index (χ3v) is 2.62. The van der Waals surface area contributed by atoms with Gasteiger partial charge in [-0.25, -0.2) is 4.79 Å². The molecule has 1 rings (SSSR count). The van der Waals surface area contributed by atoms with Crippen molar-refractivity contribution in [2.45, 2.75) is 19.9 Å². The highest BCUT2D eigenvalue weighted by molar-refractivity contribution is 6.33. The van der Waals surface area contributed by atoms with E-state index < -0.39 is 6.03 Å². The lowest BCUT2D eigenvalue weighted by Gasteiger charge is -2.12. The van der Waals surface area contributed by atoms with E-state index in [0.29, 0.717) is 16.3 Å². The SMILES string of the molecule is CC(C)NC(=O)c1ccc(Cl)c(NC(=O)NCCO)c1. The van der Waals surface area contributed by atoms with Crippen LogP contribution in [0.5, 0.6) is 0 Å². The number of hydrogen-bond acceptors (Lipinski definition) is 3. The van der Waals surface area contributed by atoms with Gasteiger partial charge in [0.05, 0.1) is 17.3 Å². The van der Waals surface area contributed by atoms with E-state index in [1.165, 1.54) is 6.07 Å². The van der Waals surface area contributed by atoms with E-state index in [4.69, 9.17) is 16.7 Å². The number of halogens is 1. The van der Waals surface area contributed by atoms with Crippen LogP contribution in [0.15, 0.2) is 18.2 Å². The highest BCUT2D eigenvalue weighted by Gasteiger charge is 2.11. The van der Waals surface area contributed by atoms with E-state index in [1.54, 1.807) is 12.1 Å². The second kappa shape index (κ2) is 7.72. The minimum absolute atomic E-state index is 0.0161. The second-order valence-electron chi connectivity index (χ2n) is 4.43. The Morgan fingerprint density at radius 1 is 1.35 bits per heavy atom. The summed E-state index contributed by atoms with van der Waals surface area (Å²) in [7, 11) is 0. The summed E-state index contributed by atoms with van der Waals surface area (Å²) in [5.74, 6) is -0.240. The number of hydrogen-bond donors (Lipinski definition) is 4. The van der Waals surface area contributed by atoms with Gasteiger partial charge in [0, 0.05) is 18.2 Å². The molecule has 0 aliphatic carbocycles. The zero-order chi connectivity index (χ0) is 15.1. The number of benzene rings is 1. The average molecular weight is 300 g/mol. The summed E-state index contributed by atoms with van der Waals surface area (Å²) in [6.45, 7) is 3.69. The number of aliphatic hydroxyl groups is 1. The standard InChI is InChI=1S/C13H18ClN3O3/c1-8(2)16-12(19)9-3-4-10(14)11(7-9)17-13(20)15-5-6-18/h3-4,7-8,18H,5-6H2,1-2H3,(H,16,19)(H2,15,17,20). The Morgan fingerprint density at radius 3 is 2.65 bits per heavy atom. The van der Waals surface area contributed by atoms with Crippen molar-refractivity contribution in [3.05, 3.63) is 28.8 Å². The Morgan fingerprint density at radius 2 is 2.05 bits per heavy atom. The van der Waals surface area contributed by atoms with Crippen molar-refractivity contribution in [2.75, 3.05) is 18.5 Å². The van der Waals surface area contributed by atoms with Gasteiger partial charge in [0.2, 0.25) is 0 Å². The van der Waals surface area contributed by atoms with Crippen LogP contribution in [-0.2, 0) is 0 Å². The lowest BCUT2D eigenvalue weighted by Crippen LogP contribution is -2.32. The first-order valence-corrected chi connectivity index (χ1v) is 6.58. The van der Waals surface area contributed by atoms with E-state index >= 15 is 0 Å². The maximum atomic E-state index is 11.9. The second-order valence-corrected chi connectivity index (χ2v) is 4.83. The fourth-order valence-corrected chi connectivity index (χ4v) is 1.61. The summed E-state index contributed by atoms with van der Waals surface area (Å²) in [5.41, 5.74) is 0.735. The van der Waals surface area contributed by atoms with Crippen molar-refractivity contribution in [3.63, 3.8) is 0 Å². The van der Waals surface area contributed by atoms with Gasteiger partial charge in [-0.15, -0.1) is 0 Å². The molecule has 0 unspecified atom stereocenters. The Labute approximate surface area is 122 Å². The van der Waals surface area contributed by atoms with Crippen LogP contribution < -0.4 is 16.0 Å². The van der Waals surface area contributed by atoms with Crippen LogP contribution in [0.3, 0.4) is 0 Å². The molecule has 0 atom stereocenters. The van der Waals surface area contributed by atoms with Crippen LogP contribution in [0.25, 0.3) is 0 Å². The Bertz CT molecular complexity index is 492. The molecule has 0 fully saturated rings. The molecule has 0 saturated heterocycles. The highest BCUT2D eigenvalue weighted by atomic mass is 35.5. The van der Waals surface area contributed by atoms with Crippen LogP contribution in [0.4, 0.5) is 10.5 Å². The van der Waals surface area contributed by atoms with Gasteiger partial charge >= 0.3 is 6.03 Å². The van der Waals surface area contributed by atoms with Crippen LogP contribution in [0, 0.1) is 0 Å². The first-order valence-electron chi connectivity index (χ1n) is 6.20. The number of rotatable bonds is 5. The molecule has 6 nitrogen and oxygen atoms in total. The average Bonchev–Trinajstić information content (AvgIpc) is 2.38. The minimum Gasteiger partial charge on any atom is -0.395 e. The van der Waals surface area contributed by atoms with E-state index in [2.05, 4.69) is 16.0 Å². The summed E-state index contributed by atoms with van der Waals surface area (Å²) in [6.07, 6.45) is 0. The topological polar surface area (TPSA) is 90.5 Å². The first-order chi connectivity index (χ1) is 9.43. The number of amides is 3. The van der Waals surface area contributed by atoms with Crippen LogP contribution in [0.1, 0.15) is 24.2 Å². The molecule has 1 aromatic rings. The van der Waals surface area contributed by atoms with Gasteiger partial charge in [-0.3, -0.25) is 4.79 Å². The van der Waals surface area contributed by atoms with Gasteiger partial charge in [0.1, 0.15) is 0 Å². The van der Waals surface area contributed by atoms with Crippen LogP contribution in [0.2, 0.25) is 5.02 Å². The summed E-state index contributed by atoms with van der Waals surface area (Å²) in [5, 5.41) is 16.6. The molecule has 0 aliphatic heterocycles. The fourth-order valence-electron chi connectivity index (χ4n) is 1.44. The molecular formula is C13H18ClN3O3. The smallest absolute Gasteiger partial charge is 0.319 e. The zero-order valence-electron chi connectivity index (χ0n) is 11.4. The number of urea groups is 1. The molecular weight excluding hydrogens is 282 g/mol. The van der Waals surface area contributed by atoms with Gasteiger partial charge in [0.15, 0.2) is 0 Å². The molecule has 0 radical (unpaired) electrons. The maximum absolute atomic E-state index is 11.9. The molecule has 4 N–H and O–H groups in total. The summed E-state index contributed by atoms with van der Waals surface area (Å²) in [4.78, 5) is 23.4. The van der Waals surface area contributed by atoms with Crippen molar-refractivity contribution in [1.82, 2.24) is 10.6 Å². The molecule has 110 valence electrons. The van der Waals surface area contributed by atoms with Crippen LogP contribution in [-0.4, -0.2) is 36.2 Å². The van der Waals surface area contributed by atoms with Gasteiger partial charge in [-0.1, -0.05) is 11.6 Å². The first kappa shape index (κ1) is 16.3.